The fraction of sp³-hybridized carbons (Fsp3) is 0.625. The molecule has 1 aliphatic heterocycles. The van der Waals surface area contributed by atoms with Gasteiger partial charge in [-0.25, -0.2) is 4.98 Å². The number of rotatable bonds is 5. The van der Waals surface area contributed by atoms with Crippen molar-refractivity contribution in [3.63, 3.8) is 0 Å². The number of piperidine rings is 1. The molecule has 5 heteroatoms. The molecule has 0 bridgehead atoms. The van der Waals surface area contributed by atoms with Gasteiger partial charge in [0.1, 0.15) is 5.82 Å². The zero-order chi connectivity index (χ0) is 15.1. The van der Waals surface area contributed by atoms with E-state index in [1.807, 2.05) is 25.1 Å². The molecule has 2 heterocycles. The quantitative estimate of drug-likeness (QED) is 0.646. The molecular weight excluding hydrogens is 280 g/mol. The molecule has 21 heavy (non-hydrogen) atoms. The van der Waals surface area contributed by atoms with Crippen LogP contribution in [-0.4, -0.2) is 41.2 Å². The first-order valence-electron chi connectivity index (χ1n) is 7.84. The first kappa shape index (κ1) is 16.2. The summed E-state index contributed by atoms with van der Waals surface area (Å²) >= 11 is 5.29. The molecule has 0 aliphatic carbocycles. The van der Waals surface area contributed by atoms with E-state index in [4.69, 9.17) is 12.2 Å². The highest BCUT2D eigenvalue weighted by Gasteiger charge is 2.15. The van der Waals surface area contributed by atoms with Gasteiger partial charge in [0.15, 0.2) is 5.11 Å². The van der Waals surface area contributed by atoms with Crippen LogP contribution >= 0.6 is 12.2 Å². The van der Waals surface area contributed by atoms with E-state index < -0.39 is 0 Å². The summed E-state index contributed by atoms with van der Waals surface area (Å²) in [5.74, 6) is 1.65. The standard InChI is InChI=1S/C16H26N4S/c1-13-6-4-10-20(12-13)11-5-9-17-16(21)19-15-8-3-7-14(2)18-15/h3,7-8,13H,4-6,9-12H2,1-2H3,(H2,17,18,19,21)/t13-/m0/s1. The Hall–Kier alpha value is -1.20. The summed E-state index contributed by atoms with van der Waals surface area (Å²) in [6, 6.07) is 5.88. The van der Waals surface area contributed by atoms with Crippen LogP contribution in [0.2, 0.25) is 0 Å². The lowest BCUT2D eigenvalue weighted by atomic mass is 10.0. The molecule has 0 amide bonds. The van der Waals surface area contributed by atoms with Crippen LogP contribution in [0.1, 0.15) is 31.9 Å². The predicted molar refractivity (Wildman–Crippen MR) is 92.7 cm³/mol. The number of pyridine rings is 1. The van der Waals surface area contributed by atoms with Gasteiger partial charge >= 0.3 is 0 Å². The minimum absolute atomic E-state index is 0.653. The average molecular weight is 306 g/mol. The molecular formula is C16H26N4S. The molecule has 4 nitrogen and oxygen atoms in total. The smallest absolute Gasteiger partial charge is 0.171 e. The molecule has 0 unspecified atom stereocenters. The molecule has 2 rings (SSSR count). The lowest BCUT2D eigenvalue weighted by Gasteiger charge is -2.30. The Bertz CT molecular complexity index is 463. The SMILES string of the molecule is Cc1cccc(NC(=S)NCCCN2CCC[C@H](C)C2)n1. The lowest BCUT2D eigenvalue weighted by molar-refractivity contribution is 0.182. The van der Waals surface area contributed by atoms with E-state index in [1.165, 1.54) is 25.9 Å². The van der Waals surface area contributed by atoms with E-state index in [1.54, 1.807) is 0 Å². The lowest BCUT2D eigenvalue weighted by Crippen LogP contribution is -2.37. The molecule has 0 radical (unpaired) electrons. The van der Waals surface area contributed by atoms with Gasteiger partial charge in [-0.05, 0) is 69.5 Å². The summed E-state index contributed by atoms with van der Waals surface area (Å²) < 4.78 is 0. The van der Waals surface area contributed by atoms with Crippen LogP contribution in [0.25, 0.3) is 0 Å². The van der Waals surface area contributed by atoms with Crippen LogP contribution in [0.4, 0.5) is 5.82 Å². The normalized spacial score (nSPS) is 19.2. The second-order valence-corrected chi connectivity index (χ2v) is 6.35. The van der Waals surface area contributed by atoms with Crippen molar-refractivity contribution in [2.24, 2.45) is 5.92 Å². The topological polar surface area (TPSA) is 40.2 Å². The predicted octanol–water partition coefficient (Wildman–Crippen LogP) is 2.80. The van der Waals surface area contributed by atoms with E-state index >= 15 is 0 Å². The molecule has 0 spiro atoms. The van der Waals surface area contributed by atoms with Gasteiger partial charge in [-0.1, -0.05) is 13.0 Å². The largest absolute Gasteiger partial charge is 0.362 e. The third-order valence-corrected chi connectivity index (χ3v) is 4.05. The van der Waals surface area contributed by atoms with Gasteiger partial charge in [0.2, 0.25) is 0 Å². The van der Waals surface area contributed by atoms with Crippen LogP contribution in [0.3, 0.4) is 0 Å². The van der Waals surface area contributed by atoms with Gasteiger partial charge in [0, 0.05) is 18.8 Å². The van der Waals surface area contributed by atoms with E-state index in [0.717, 1.165) is 36.9 Å². The summed E-state index contributed by atoms with van der Waals surface area (Å²) in [7, 11) is 0. The molecule has 116 valence electrons. The van der Waals surface area contributed by atoms with E-state index in [0.29, 0.717) is 5.11 Å². The van der Waals surface area contributed by atoms with E-state index in [-0.39, 0.29) is 0 Å². The molecule has 0 saturated carbocycles. The monoisotopic (exact) mass is 306 g/mol. The molecule has 0 aromatic carbocycles. The number of aryl methyl sites for hydroxylation is 1. The fourth-order valence-corrected chi connectivity index (χ4v) is 2.97. The average Bonchev–Trinajstić information content (AvgIpc) is 2.44. The third kappa shape index (κ3) is 5.98. The Morgan fingerprint density at radius 2 is 2.33 bits per heavy atom. The number of nitrogens with zero attached hydrogens (tertiary/aromatic N) is 2. The molecule has 1 atom stereocenters. The van der Waals surface area contributed by atoms with Gasteiger partial charge in [0.05, 0.1) is 0 Å². The maximum Gasteiger partial charge on any atom is 0.171 e. The Morgan fingerprint density at radius 1 is 1.48 bits per heavy atom. The Kier molecular flexibility index (Phi) is 6.39. The van der Waals surface area contributed by atoms with Crippen molar-refractivity contribution >= 4 is 23.1 Å². The zero-order valence-electron chi connectivity index (χ0n) is 13.1. The van der Waals surface area contributed by atoms with E-state index in [2.05, 4.69) is 27.4 Å². The minimum atomic E-state index is 0.653. The highest BCUT2D eigenvalue weighted by Crippen LogP contribution is 2.15. The second-order valence-electron chi connectivity index (χ2n) is 5.95. The highest BCUT2D eigenvalue weighted by molar-refractivity contribution is 7.80. The number of anilines is 1. The number of likely N-dealkylation sites (tertiary alicyclic amines) is 1. The van der Waals surface area contributed by atoms with Gasteiger partial charge in [-0.3, -0.25) is 0 Å². The molecule has 1 aromatic rings. The van der Waals surface area contributed by atoms with Crippen LogP contribution in [0.5, 0.6) is 0 Å². The third-order valence-electron chi connectivity index (χ3n) is 3.81. The Labute approximate surface area is 133 Å². The molecule has 1 saturated heterocycles. The molecule has 1 aromatic heterocycles. The molecule has 1 aliphatic rings. The second kappa shape index (κ2) is 8.29. The number of hydrogen-bond acceptors (Lipinski definition) is 3. The van der Waals surface area contributed by atoms with Crippen molar-refractivity contribution < 1.29 is 0 Å². The molecule has 1 fully saturated rings. The van der Waals surface area contributed by atoms with Crippen molar-refractivity contribution in [2.75, 3.05) is 31.5 Å². The summed E-state index contributed by atoms with van der Waals surface area (Å²) in [5, 5.41) is 7.03. The number of aromatic nitrogens is 1. The highest BCUT2D eigenvalue weighted by atomic mass is 32.1. The van der Waals surface area contributed by atoms with Crippen molar-refractivity contribution in [2.45, 2.75) is 33.1 Å². The summed E-state index contributed by atoms with van der Waals surface area (Å²) in [4.78, 5) is 6.94. The van der Waals surface area contributed by atoms with E-state index in [9.17, 15) is 0 Å². The van der Waals surface area contributed by atoms with Gasteiger partial charge < -0.3 is 15.5 Å². The van der Waals surface area contributed by atoms with Crippen molar-refractivity contribution in [3.05, 3.63) is 23.9 Å². The first-order valence-corrected chi connectivity index (χ1v) is 8.25. The van der Waals surface area contributed by atoms with Gasteiger partial charge in [0.25, 0.3) is 0 Å². The van der Waals surface area contributed by atoms with Gasteiger partial charge in [-0.15, -0.1) is 0 Å². The number of thiocarbonyl (C=S) groups is 1. The first-order chi connectivity index (χ1) is 10.1. The Morgan fingerprint density at radius 3 is 3.10 bits per heavy atom. The van der Waals surface area contributed by atoms with Crippen molar-refractivity contribution in [1.29, 1.82) is 0 Å². The van der Waals surface area contributed by atoms with Crippen molar-refractivity contribution in [1.82, 2.24) is 15.2 Å². The van der Waals surface area contributed by atoms with Crippen molar-refractivity contribution in [3.8, 4) is 0 Å². The fourth-order valence-electron chi connectivity index (χ4n) is 2.77. The zero-order valence-corrected chi connectivity index (χ0v) is 13.9. The van der Waals surface area contributed by atoms with Crippen LogP contribution in [-0.2, 0) is 0 Å². The van der Waals surface area contributed by atoms with Crippen LogP contribution < -0.4 is 10.6 Å². The van der Waals surface area contributed by atoms with Gasteiger partial charge in [-0.2, -0.15) is 0 Å². The minimum Gasteiger partial charge on any atom is -0.362 e. The molecule has 2 N–H and O–H groups in total. The number of nitrogens with one attached hydrogen (secondary N) is 2. The maximum absolute atomic E-state index is 5.29. The summed E-state index contributed by atoms with van der Waals surface area (Å²) in [6.07, 6.45) is 3.84. The number of hydrogen-bond donors (Lipinski definition) is 2. The summed E-state index contributed by atoms with van der Waals surface area (Å²) in [6.45, 7) is 8.88. The maximum atomic E-state index is 5.29. The van der Waals surface area contributed by atoms with Crippen LogP contribution in [0.15, 0.2) is 18.2 Å². The summed E-state index contributed by atoms with van der Waals surface area (Å²) in [5.41, 5.74) is 0.988. The Balaban J connectivity index is 1.61. The van der Waals surface area contributed by atoms with Crippen LogP contribution in [0, 0.1) is 12.8 Å².